The average Bonchev–Trinajstić information content (AvgIpc) is 3.26. The fourth-order valence-corrected chi connectivity index (χ4v) is 4.33. The maximum absolute atomic E-state index is 12.5. The van der Waals surface area contributed by atoms with E-state index < -0.39 is 11.9 Å². The number of halogens is 1. The number of carbonyl (C=O) groups is 3. The number of nitrogens with zero attached hydrogens (tertiary/aromatic N) is 1. The maximum atomic E-state index is 12.5. The minimum absolute atomic E-state index is 0.0661. The molecule has 0 saturated heterocycles. The third-order valence-electron chi connectivity index (χ3n) is 4.07. The molecular weight excluding hydrogens is 460 g/mol. The van der Waals surface area contributed by atoms with Gasteiger partial charge in [-0.1, -0.05) is 35.5 Å². The third-order valence-corrected chi connectivity index (χ3v) is 6.34. The summed E-state index contributed by atoms with van der Waals surface area (Å²) >= 11 is 8.59. The molecule has 0 aliphatic heterocycles. The lowest BCUT2D eigenvalue weighted by Gasteiger charge is -2.11. The summed E-state index contributed by atoms with van der Waals surface area (Å²) in [6, 6.07) is 11.5. The molecule has 0 atom stereocenters. The Morgan fingerprint density at radius 1 is 1.06 bits per heavy atom. The fourth-order valence-electron chi connectivity index (χ4n) is 2.57. The summed E-state index contributed by atoms with van der Waals surface area (Å²) in [5, 5.41) is 5.20. The van der Waals surface area contributed by atoms with E-state index in [0.717, 1.165) is 15.6 Å². The van der Waals surface area contributed by atoms with E-state index in [2.05, 4.69) is 15.0 Å². The van der Waals surface area contributed by atoms with Gasteiger partial charge < -0.3 is 14.8 Å². The Morgan fingerprint density at radius 3 is 2.45 bits per heavy atom. The number of anilines is 1. The van der Waals surface area contributed by atoms with E-state index >= 15 is 0 Å². The molecule has 7 nitrogen and oxygen atoms in total. The van der Waals surface area contributed by atoms with Gasteiger partial charge in [0.1, 0.15) is 0 Å². The normalized spacial score (nSPS) is 10.4. The first kappa shape index (κ1) is 22.8. The Hall–Kier alpha value is -2.88. The Morgan fingerprint density at radius 2 is 1.77 bits per heavy atom. The molecule has 1 amide bonds. The van der Waals surface area contributed by atoms with Crippen molar-refractivity contribution in [2.24, 2.45) is 0 Å². The molecule has 160 valence electrons. The van der Waals surface area contributed by atoms with Gasteiger partial charge in [0.25, 0.3) is 0 Å². The average molecular weight is 477 g/mol. The van der Waals surface area contributed by atoms with E-state index in [1.165, 1.54) is 55.5 Å². The van der Waals surface area contributed by atoms with Gasteiger partial charge in [0.05, 0.1) is 42.5 Å². The number of rotatable bonds is 7. The van der Waals surface area contributed by atoms with E-state index in [0.29, 0.717) is 5.02 Å². The van der Waals surface area contributed by atoms with Crippen molar-refractivity contribution in [2.45, 2.75) is 4.34 Å². The Balaban J connectivity index is 1.68. The Bertz CT molecular complexity index is 1120. The number of esters is 2. The highest BCUT2D eigenvalue weighted by atomic mass is 35.5. The predicted molar refractivity (Wildman–Crippen MR) is 121 cm³/mol. The molecule has 0 saturated carbocycles. The Kier molecular flexibility index (Phi) is 7.67. The molecule has 31 heavy (non-hydrogen) atoms. The number of methoxy groups -OCH3 is 2. The van der Waals surface area contributed by atoms with Gasteiger partial charge in [-0.05, 0) is 30.3 Å². The number of thiazole rings is 1. The summed E-state index contributed by atoms with van der Waals surface area (Å²) in [5.41, 5.74) is 2.22. The van der Waals surface area contributed by atoms with Crippen molar-refractivity contribution in [3.63, 3.8) is 0 Å². The van der Waals surface area contributed by atoms with Gasteiger partial charge in [0.2, 0.25) is 5.91 Å². The van der Waals surface area contributed by atoms with Crippen LogP contribution >= 0.6 is 34.7 Å². The van der Waals surface area contributed by atoms with Gasteiger partial charge in [0, 0.05) is 16.0 Å². The molecule has 0 unspecified atom stereocenters. The standard InChI is InChI=1S/C21H17ClN2O5S2/c1-28-19(26)13-5-8-15(20(27)29-2)16(9-13)23-18(25)11-31-21-24-17(10-30-21)12-3-6-14(22)7-4-12/h3-10H,11H2,1-2H3,(H,23,25). The molecule has 3 aromatic rings. The summed E-state index contributed by atoms with van der Waals surface area (Å²) < 4.78 is 10.1. The van der Waals surface area contributed by atoms with E-state index in [1.54, 1.807) is 12.1 Å². The molecule has 10 heteroatoms. The number of hydrogen-bond acceptors (Lipinski definition) is 8. The third kappa shape index (κ3) is 5.84. The van der Waals surface area contributed by atoms with Crippen LogP contribution in [0.25, 0.3) is 11.3 Å². The van der Waals surface area contributed by atoms with Gasteiger partial charge >= 0.3 is 11.9 Å². The topological polar surface area (TPSA) is 94.6 Å². The van der Waals surface area contributed by atoms with Crippen LogP contribution in [0.3, 0.4) is 0 Å². The van der Waals surface area contributed by atoms with E-state index in [-0.39, 0.29) is 28.5 Å². The molecule has 1 aromatic heterocycles. The second kappa shape index (κ2) is 10.4. The molecule has 0 radical (unpaired) electrons. The largest absolute Gasteiger partial charge is 0.465 e. The second-order valence-corrected chi connectivity index (χ2v) is 8.60. The van der Waals surface area contributed by atoms with E-state index in [9.17, 15) is 14.4 Å². The number of carbonyl (C=O) groups excluding carboxylic acids is 3. The molecule has 3 rings (SSSR count). The number of aromatic nitrogens is 1. The highest BCUT2D eigenvalue weighted by Gasteiger charge is 2.18. The Labute approximate surface area is 191 Å². The van der Waals surface area contributed by atoms with Gasteiger partial charge in [-0.2, -0.15) is 0 Å². The zero-order valence-electron chi connectivity index (χ0n) is 16.5. The molecule has 1 heterocycles. The van der Waals surface area contributed by atoms with Crippen LogP contribution in [0.2, 0.25) is 5.02 Å². The zero-order chi connectivity index (χ0) is 22.4. The number of benzene rings is 2. The first-order chi connectivity index (χ1) is 14.9. The zero-order valence-corrected chi connectivity index (χ0v) is 18.9. The minimum Gasteiger partial charge on any atom is -0.465 e. The lowest BCUT2D eigenvalue weighted by atomic mass is 10.1. The van der Waals surface area contributed by atoms with Crippen LogP contribution in [0.4, 0.5) is 5.69 Å². The number of amides is 1. The van der Waals surface area contributed by atoms with E-state index in [1.807, 2.05) is 17.5 Å². The van der Waals surface area contributed by atoms with Gasteiger partial charge in [0.15, 0.2) is 4.34 Å². The van der Waals surface area contributed by atoms with Crippen LogP contribution in [-0.2, 0) is 14.3 Å². The van der Waals surface area contributed by atoms with Crippen molar-refractivity contribution in [2.75, 3.05) is 25.3 Å². The van der Waals surface area contributed by atoms with Crippen LogP contribution in [0.15, 0.2) is 52.2 Å². The van der Waals surface area contributed by atoms with Crippen molar-refractivity contribution in [1.29, 1.82) is 0 Å². The number of ether oxygens (including phenoxy) is 2. The molecule has 0 aliphatic rings. The first-order valence-electron chi connectivity index (χ1n) is 8.86. The SMILES string of the molecule is COC(=O)c1ccc(C(=O)OC)c(NC(=O)CSc2nc(-c3ccc(Cl)cc3)cs2)c1. The molecule has 1 N–H and O–H groups in total. The van der Waals surface area contributed by atoms with Gasteiger partial charge in [-0.25, -0.2) is 14.6 Å². The summed E-state index contributed by atoms with van der Waals surface area (Å²) in [5.74, 6) is -1.51. The highest BCUT2D eigenvalue weighted by Crippen LogP contribution is 2.29. The first-order valence-corrected chi connectivity index (χ1v) is 11.1. The maximum Gasteiger partial charge on any atom is 0.339 e. The second-order valence-electron chi connectivity index (χ2n) is 6.09. The quantitative estimate of drug-likeness (QED) is 0.387. The van der Waals surface area contributed by atoms with Gasteiger partial charge in [-0.3, -0.25) is 4.79 Å². The molecule has 0 bridgehead atoms. The summed E-state index contributed by atoms with van der Waals surface area (Å²) in [6.45, 7) is 0. The molecular formula is C21H17ClN2O5S2. The van der Waals surface area contributed by atoms with Crippen molar-refractivity contribution in [3.8, 4) is 11.3 Å². The highest BCUT2D eigenvalue weighted by molar-refractivity contribution is 8.01. The fraction of sp³-hybridized carbons (Fsp3) is 0.143. The molecule has 2 aromatic carbocycles. The number of hydrogen-bond donors (Lipinski definition) is 1. The molecule has 0 aliphatic carbocycles. The van der Waals surface area contributed by atoms with E-state index in [4.69, 9.17) is 16.3 Å². The summed E-state index contributed by atoms with van der Waals surface area (Å²) in [6.07, 6.45) is 0. The van der Waals surface area contributed by atoms with Crippen LogP contribution in [0.1, 0.15) is 20.7 Å². The van der Waals surface area contributed by atoms with Crippen LogP contribution < -0.4 is 5.32 Å². The summed E-state index contributed by atoms with van der Waals surface area (Å²) in [4.78, 5) is 40.8. The molecule has 0 fully saturated rings. The van der Waals surface area contributed by atoms with Crippen molar-refractivity contribution < 1.29 is 23.9 Å². The van der Waals surface area contributed by atoms with Crippen LogP contribution in [0, 0.1) is 0 Å². The van der Waals surface area contributed by atoms with Gasteiger partial charge in [-0.15, -0.1) is 11.3 Å². The monoisotopic (exact) mass is 476 g/mol. The van der Waals surface area contributed by atoms with Crippen molar-refractivity contribution >= 4 is 58.2 Å². The minimum atomic E-state index is -0.633. The van der Waals surface area contributed by atoms with Crippen molar-refractivity contribution in [1.82, 2.24) is 4.98 Å². The van der Waals surface area contributed by atoms with Crippen LogP contribution in [0.5, 0.6) is 0 Å². The van der Waals surface area contributed by atoms with Crippen LogP contribution in [-0.4, -0.2) is 42.8 Å². The summed E-state index contributed by atoms with van der Waals surface area (Å²) in [7, 11) is 2.48. The molecule has 0 spiro atoms. The predicted octanol–water partition coefficient (Wildman–Crippen LogP) is 4.77. The van der Waals surface area contributed by atoms with Crippen molar-refractivity contribution in [3.05, 3.63) is 64.0 Å². The smallest absolute Gasteiger partial charge is 0.339 e. The lowest BCUT2D eigenvalue weighted by Crippen LogP contribution is -2.18. The lowest BCUT2D eigenvalue weighted by molar-refractivity contribution is -0.113. The number of thioether (sulfide) groups is 1. The number of nitrogens with one attached hydrogen (secondary N) is 1.